The third-order valence-electron chi connectivity index (χ3n) is 5.12. The predicted molar refractivity (Wildman–Crippen MR) is 117 cm³/mol. The SMILES string of the molecule is CCCCCCCCC(Cl)C(Cl)CCCCCCCC1=NC(C)(C)CO1. The Morgan fingerprint density at radius 2 is 1.35 bits per heavy atom. The maximum Gasteiger partial charge on any atom is 0.183 e. The Bertz CT molecular complexity index is 384. The van der Waals surface area contributed by atoms with E-state index in [0.29, 0.717) is 0 Å². The molecule has 0 N–H and O–H groups in total. The highest BCUT2D eigenvalue weighted by Gasteiger charge is 2.25. The van der Waals surface area contributed by atoms with Crippen molar-refractivity contribution in [2.75, 3.05) is 6.61 Å². The minimum atomic E-state index is -0.0156. The number of hydrogen-bond donors (Lipinski definition) is 0. The van der Waals surface area contributed by atoms with E-state index in [2.05, 4.69) is 25.8 Å². The molecular weight excluding hydrogens is 365 g/mol. The van der Waals surface area contributed by atoms with E-state index in [1.54, 1.807) is 0 Å². The fourth-order valence-corrected chi connectivity index (χ4v) is 3.98. The van der Waals surface area contributed by atoms with Gasteiger partial charge in [-0.3, -0.25) is 0 Å². The Labute approximate surface area is 172 Å². The smallest absolute Gasteiger partial charge is 0.183 e. The van der Waals surface area contributed by atoms with Crippen LogP contribution in [-0.2, 0) is 4.74 Å². The molecule has 0 aromatic rings. The summed E-state index contributed by atoms with van der Waals surface area (Å²) < 4.78 is 5.63. The van der Waals surface area contributed by atoms with Crippen molar-refractivity contribution in [2.45, 2.75) is 127 Å². The molecular formula is C22H41Cl2NO. The maximum absolute atomic E-state index is 6.48. The molecule has 0 saturated heterocycles. The first kappa shape index (κ1) is 24.1. The summed E-state index contributed by atoms with van der Waals surface area (Å²) in [5.74, 6) is 0.954. The molecule has 1 heterocycles. The molecule has 154 valence electrons. The van der Waals surface area contributed by atoms with Gasteiger partial charge in [-0.15, -0.1) is 23.2 Å². The van der Waals surface area contributed by atoms with Crippen LogP contribution in [0, 0.1) is 0 Å². The Hall–Kier alpha value is 0.0500. The number of hydrogen-bond acceptors (Lipinski definition) is 2. The normalized spacial score (nSPS) is 18.4. The van der Waals surface area contributed by atoms with Gasteiger partial charge in [0.1, 0.15) is 6.61 Å². The van der Waals surface area contributed by atoms with Crippen LogP contribution in [0.1, 0.15) is 111 Å². The third-order valence-corrected chi connectivity index (χ3v) is 6.29. The van der Waals surface area contributed by atoms with Crippen molar-refractivity contribution >= 4 is 29.1 Å². The van der Waals surface area contributed by atoms with E-state index in [9.17, 15) is 0 Å². The van der Waals surface area contributed by atoms with Crippen LogP contribution >= 0.6 is 23.2 Å². The van der Waals surface area contributed by atoms with Crippen LogP contribution in [0.3, 0.4) is 0 Å². The van der Waals surface area contributed by atoms with Gasteiger partial charge in [-0.2, -0.15) is 0 Å². The molecule has 1 aliphatic heterocycles. The van der Waals surface area contributed by atoms with Crippen molar-refractivity contribution < 1.29 is 4.74 Å². The summed E-state index contributed by atoms with van der Waals surface area (Å²) in [6.07, 6.45) is 17.2. The first-order valence-corrected chi connectivity index (χ1v) is 11.8. The van der Waals surface area contributed by atoms with Crippen LogP contribution in [0.25, 0.3) is 0 Å². The van der Waals surface area contributed by atoms with Gasteiger partial charge in [0.25, 0.3) is 0 Å². The molecule has 0 saturated carbocycles. The lowest BCUT2D eigenvalue weighted by molar-refractivity contribution is 0.273. The van der Waals surface area contributed by atoms with Crippen molar-refractivity contribution in [1.82, 2.24) is 0 Å². The fourth-order valence-electron chi connectivity index (χ4n) is 3.42. The number of halogens is 2. The van der Waals surface area contributed by atoms with Gasteiger partial charge in [-0.1, -0.05) is 71.1 Å². The molecule has 2 atom stereocenters. The van der Waals surface area contributed by atoms with Crippen LogP contribution in [0.5, 0.6) is 0 Å². The van der Waals surface area contributed by atoms with E-state index in [1.165, 1.54) is 70.6 Å². The van der Waals surface area contributed by atoms with Gasteiger partial charge >= 0.3 is 0 Å². The van der Waals surface area contributed by atoms with Gasteiger partial charge in [0.15, 0.2) is 5.90 Å². The first-order valence-electron chi connectivity index (χ1n) is 10.9. The van der Waals surface area contributed by atoms with Crippen LogP contribution in [0.2, 0.25) is 0 Å². The highest BCUT2D eigenvalue weighted by Crippen LogP contribution is 2.23. The zero-order chi connectivity index (χ0) is 19.3. The minimum absolute atomic E-state index is 0.0156. The summed E-state index contributed by atoms with van der Waals surface area (Å²) in [5, 5.41) is 0.277. The zero-order valence-corrected chi connectivity index (χ0v) is 18.9. The molecule has 0 fully saturated rings. The average Bonchev–Trinajstić information content (AvgIpc) is 2.95. The summed E-state index contributed by atoms with van der Waals surface area (Å²) in [5.41, 5.74) is -0.0156. The van der Waals surface area contributed by atoms with Crippen molar-refractivity contribution in [3.8, 4) is 0 Å². The van der Waals surface area contributed by atoms with Crippen LogP contribution in [0.4, 0.5) is 0 Å². The average molecular weight is 406 g/mol. The number of rotatable bonds is 16. The second kappa shape index (κ2) is 14.1. The molecule has 0 aromatic heterocycles. The summed E-state index contributed by atoms with van der Waals surface area (Å²) in [7, 11) is 0. The van der Waals surface area contributed by atoms with E-state index in [0.717, 1.165) is 31.8 Å². The quantitative estimate of drug-likeness (QED) is 0.189. The lowest BCUT2D eigenvalue weighted by Crippen LogP contribution is -2.17. The van der Waals surface area contributed by atoms with Crippen LogP contribution in [-0.4, -0.2) is 28.8 Å². The number of ether oxygens (including phenoxy) is 1. The molecule has 4 heteroatoms. The number of unbranched alkanes of at least 4 members (excludes halogenated alkanes) is 9. The molecule has 0 radical (unpaired) electrons. The van der Waals surface area contributed by atoms with E-state index >= 15 is 0 Å². The topological polar surface area (TPSA) is 21.6 Å². The standard InChI is InChI=1S/C22H41Cl2NO/c1-4-5-6-7-9-12-15-19(23)20(24)16-13-10-8-11-14-17-21-25-22(2,3)18-26-21/h19-20H,4-18H2,1-3H3. The van der Waals surface area contributed by atoms with Gasteiger partial charge in [-0.25, -0.2) is 4.99 Å². The Morgan fingerprint density at radius 1 is 0.846 bits per heavy atom. The fraction of sp³-hybridized carbons (Fsp3) is 0.955. The largest absolute Gasteiger partial charge is 0.478 e. The monoisotopic (exact) mass is 405 g/mol. The van der Waals surface area contributed by atoms with E-state index in [1.807, 2.05) is 0 Å². The zero-order valence-electron chi connectivity index (χ0n) is 17.4. The van der Waals surface area contributed by atoms with Crippen molar-refractivity contribution in [3.63, 3.8) is 0 Å². The molecule has 2 nitrogen and oxygen atoms in total. The van der Waals surface area contributed by atoms with Gasteiger partial charge in [0.2, 0.25) is 0 Å². The van der Waals surface area contributed by atoms with Gasteiger partial charge < -0.3 is 4.74 Å². The van der Waals surface area contributed by atoms with E-state index in [-0.39, 0.29) is 16.3 Å². The van der Waals surface area contributed by atoms with Crippen molar-refractivity contribution in [2.24, 2.45) is 4.99 Å². The van der Waals surface area contributed by atoms with Crippen LogP contribution in [0.15, 0.2) is 4.99 Å². The van der Waals surface area contributed by atoms with Gasteiger partial charge in [0.05, 0.1) is 5.54 Å². The molecule has 1 rings (SSSR count). The van der Waals surface area contributed by atoms with Gasteiger partial charge in [0, 0.05) is 17.2 Å². The van der Waals surface area contributed by atoms with Crippen molar-refractivity contribution in [3.05, 3.63) is 0 Å². The van der Waals surface area contributed by atoms with Crippen LogP contribution < -0.4 is 0 Å². The molecule has 0 spiro atoms. The summed E-state index contributed by atoms with van der Waals surface area (Å²) >= 11 is 13.0. The molecule has 0 aliphatic carbocycles. The molecule has 0 bridgehead atoms. The number of nitrogens with zero attached hydrogens (tertiary/aromatic N) is 1. The molecule has 0 amide bonds. The lowest BCUT2D eigenvalue weighted by atomic mass is 10.0. The summed E-state index contributed by atoms with van der Waals surface area (Å²) in [4.78, 5) is 4.60. The van der Waals surface area contributed by atoms with Crippen molar-refractivity contribution in [1.29, 1.82) is 0 Å². The third kappa shape index (κ3) is 11.7. The van der Waals surface area contributed by atoms with E-state index < -0.39 is 0 Å². The minimum Gasteiger partial charge on any atom is -0.478 e. The Kier molecular flexibility index (Phi) is 13.1. The second-order valence-electron chi connectivity index (χ2n) is 8.50. The molecule has 0 aromatic carbocycles. The predicted octanol–water partition coefficient (Wildman–Crippen LogP) is 7.89. The highest BCUT2D eigenvalue weighted by molar-refractivity contribution is 6.29. The summed E-state index contributed by atoms with van der Waals surface area (Å²) in [6, 6.07) is 0. The molecule has 2 unspecified atom stereocenters. The first-order chi connectivity index (χ1) is 12.4. The molecule has 1 aliphatic rings. The highest BCUT2D eigenvalue weighted by atomic mass is 35.5. The summed E-state index contributed by atoms with van der Waals surface area (Å²) in [6.45, 7) is 7.24. The number of alkyl halides is 2. The lowest BCUT2D eigenvalue weighted by Gasteiger charge is -2.16. The van der Waals surface area contributed by atoms with E-state index in [4.69, 9.17) is 27.9 Å². The maximum atomic E-state index is 6.48. The van der Waals surface area contributed by atoms with Gasteiger partial charge in [-0.05, 0) is 33.1 Å². The Balaban J connectivity index is 1.92. The number of aliphatic imine (C=N–C) groups is 1. The Morgan fingerprint density at radius 3 is 1.85 bits per heavy atom. The molecule has 26 heavy (non-hydrogen) atoms. The second-order valence-corrected chi connectivity index (χ2v) is 9.62.